The predicted octanol–water partition coefficient (Wildman–Crippen LogP) is 4.29. The number of ether oxygens (including phenoxy) is 1. The highest BCUT2D eigenvalue weighted by molar-refractivity contribution is 5.97. The first-order valence-corrected chi connectivity index (χ1v) is 7.68. The molecule has 1 amide bonds. The lowest BCUT2D eigenvalue weighted by Gasteiger charge is -2.16. The summed E-state index contributed by atoms with van der Waals surface area (Å²) in [5.41, 5.74) is -0.607. The Hall–Kier alpha value is -3.09. The van der Waals surface area contributed by atoms with Gasteiger partial charge in [-0.05, 0) is 30.7 Å². The molecule has 0 heterocycles. The fourth-order valence-electron chi connectivity index (χ4n) is 2.07. The van der Waals surface area contributed by atoms with E-state index in [2.05, 4.69) is 5.32 Å². The smallest absolute Gasteiger partial charge is 0.418 e. The van der Waals surface area contributed by atoms with Crippen molar-refractivity contribution >= 4 is 23.6 Å². The molecule has 1 N–H and O–H groups in total. The summed E-state index contributed by atoms with van der Waals surface area (Å²) < 4.78 is 43.7. The Bertz CT molecular complexity index is 801. The van der Waals surface area contributed by atoms with E-state index in [0.717, 1.165) is 23.8 Å². The summed E-state index contributed by atoms with van der Waals surface area (Å²) in [5, 5.41) is 2.14. The summed E-state index contributed by atoms with van der Waals surface area (Å²) in [5.74, 6) is -1.64. The third-order valence-corrected chi connectivity index (χ3v) is 3.36. The van der Waals surface area contributed by atoms with Crippen LogP contribution in [-0.2, 0) is 20.5 Å². The number of benzene rings is 2. The Labute approximate surface area is 148 Å². The van der Waals surface area contributed by atoms with Gasteiger partial charge < -0.3 is 10.1 Å². The number of rotatable bonds is 5. The number of esters is 1. The van der Waals surface area contributed by atoms with Crippen LogP contribution in [0.25, 0.3) is 6.08 Å². The Kier molecular flexibility index (Phi) is 6.16. The first-order chi connectivity index (χ1) is 12.3. The fourth-order valence-corrected chi connectivity index (χ4v) is 2.07. The zero-order valence-electron chi connectivity index (χ0n) is 13.8. The number of hydrogen-bond acceptors (Lipinski definition) is 3. The molecule has 0 aromatic heterocycles. The summed E-state index contributed by atoms with van der Waals surface area (Å²) in [4.78, 5) is 23.8. The second-order valence-electron chi connectivity index (χ2n) is 5.36. The van der Waals surface area contributed by atoms with Crippen molar-refractivity contribution in [2.45, 2.75) is 19.2 Å². The molecule has 7 heteroatoms. The van der Waals surface area contributed by atoms with Crippen LogP contribution in [0.3, 0.4) is 0 Å². The van der Waals surface area contributed by atoms with Gasteiger partial charge in [0.2, 0.25) is 0 Å². The molecule has 136 valence electrons. The fraction of sp³-hybridized carbons (Fsp3) is 0.158. The van der Waals surface area contributed by atoms with E-state index in [9.17, 15) is 22.8 Å². The van der Waals surface area contributed by atoms with Crippen LogP contribution in [0.1, 0.15) is 18.1 Å². The molecule has 2 aromatic rings. The van der Waals surface area contributed by atoms with Crippen molar-refractivity contribution in [1.82, 2.24) is 0 Å². The van der Waals surface area contributed by atoms with E-state index in [4.69, 9.17) is 4.74 Å². The normalized spacial score (nSPS) is 12.6. The molecule has 0 aliphatic heterocycles. The van der Waals surface area contributed by atoms with Gasteiger partial charge in [-0.3, -0.25) is 4.79 Å². The van der Waals surface area contributed by atoms with Crippen LogP contribution in [-0.4, -0.2) is 18.0 Å². The summed E-state index contributed by atoms with van der Waals surface area (Å²) in [6.07, 6.45) is -3.22. The van der Waals surface area contributed by atoms with Crippen molar-refractivity contribution in [3.8, 4) is 0 Å². The van der Waals surface area contributed by atoms with Crippen LogP contribution in [0.5, 0.6) is 0 Å². The zero-order chi connectivity index (χ0) is 19.2. The average molecular weight is 363 g/mol. The van der Waals surface area contributed by atoms with E-state index >= 15 is 0 Å². The third kappa shape index (κ3) is 5.47. The SMILES string of the molecule is C[C@H](OC(=O)/C=C/c1ccccc1)C(=O)Nc1ccccc1C(F)(F)F. The molecule has 0 fully saturated rings. The van der Waals surface area contributed by atoms with Crippen LogP contribution < -0.4 is 5.32 Å². The quantitative estimate of drug-likeness (QED) is 0.637. The molecule has 2 aromatic carbocycles. The average Bonchev–Trinajstić information content (AvgIpc) is 2.60. The largest absolute Gasteiger partial charge is 0.449 e. The number of hydrogen-bond donors (Lipinski definition) is 1. The Morgan fingerprint density at radius 2 is 1.65 bits per heavy atom. The number of alkyl halides is 3. The predicted molar refractivity (Wildman–Crippen MR) is 91.1 cm³/mol. The lowest BCUT2D eigenvalue weighted by atomic mass is 10.1. The molecule has 0 aliphatic carbocycles. The van der Waals surface area contributed by atoms with Gasteiger partial charge in [-0.25, -0.2) is 4.79 Å². The first kappa shape index (κ1) is 19.2. The van der Waals surface area contributed by atoms with Crippen LogP contribution in [0.15, 0.2) is 60.7 Å². The topological polar surface area (TPSA) is 55.4 Å². The maximum atomic E-state index is 12.9. The standard InChI is InChI=1S/C19H16F3NO3/c1-13(26-17(24)12-11-14-7-3-2-4-8-14)18(25)23-16-10-6-5-9-15(16)19(20,21)22/h2-13H,1H3,(H,23,25)/b12-11+/t13-/m0/s1. The molecule has 0 spiro atoms. The first-order valence-electron chi connectivity index (χ1n) is 7.68. The highest BCUT2D eigenvalue weighted by Gasteiger charge is 2.34. The zero-order valence-corrected chi connectivity index (χ0v) is 13.8. The van der Waals surface area contributed by atoms with Crippen LogP contribution in [0.4, 0.5) is 18.9 Å². The highest BCUT2D eigenvalue weighted by Crippen LogP contribution is 2.34. The number of para-hydroxylation sites is 1. The monoisotopic (exact) mass is 363 g/mol. The van der Waals surface area contributed by atoms with Crippen LogP contribution in [0, 0.1) is 0 Å². The molecule has 0 radical (unpaired) electrons. The van der Waals surface area contributed by atoms with Crippen LogP contribution in [0.2, 0.25) is 0 Å². The second-order valence-corrected chi connectivity index (χ2v) is 5.36. The number of nitrogens with one attached hydrogen (secondary N) is 1. The molecule has 26 heavy (non-hydrogen) atoms. The Morgan fingerprint density at radius 1 is 1.04 bits per heavy atom. The van der Waals surface area contributed by atoms with Crippen molar-refractivity contribution < 1.29 is 27.5 Å². The molecule has 4 nitrogen and oxygen atoms in total. The van der Waals surface area contributed by atoms with Crippen molar-refractivity contribution in [3.63, 3.8) is 0 Å². The minimum Gasteiger partial charge on any atom is -0.449 e. The van der Waals surface area contributed by atoms with E-state index < -0.39 is 35.4 Å². The summed E-state index contributed by atoms with van der Waals surface area (Å²) in [6.45, 7) is 1.28. The molecular weight excluding hydrogens is 347 g/mol. The number of anilines is 1. The van der Waals surface area contributed by atoms with Crippen molar-refractivity contribution in [3.05, 3.63) is 71.8 Å². The lowest BCUT2D eigenvalue weighted by Crippen LogP contribution is -2.30. The van der Waals surface area contributed by atoms with Gasteiger partial charge in [-0.2, -0.15) is 13.2 Å². The number of halogens is 3. The number of carbonyl (C=O) groups is 2. The highest BCUT2D eigenvalue weighted by atomic mass is 19.4. The molecule has 1 atom stereocenters. The molecular formula is C19H16F3NO3. The van der Waals surface area contributed by atoms with E-state index in [-0.39, 0.29) is 0 Å². The van der Waals surface area contributed by atoms with E-state index in [1.165, 1.54) is 25.1 Å². The minimum absolute atomic E-state index is 0.396. The van der Waals surface area contributed by atoms with Gasteiger partial charge in [0.05, 0.1) is 11.3 Å². The lowest BCUT2D eigenvalue weighted by molar-refractivity contribution is -0.148. The van der Waals surface area contributed by atoms with Gasteiger partial charge in [-0.1, -0.05) is 42.5 Å². The van der Waals surface area contributed by atoms with E-state index in [0.29, 0.717) is 0 Å². The molecule has 0 saturated heterocycles. The summed E-state index contributed by atoms with van der Waals surface area (Å²) >= 11 is 0. The van der Waals surface area contributed by atoms with E-state index in [1.807, 2.05) is 6.07 Å². The van der Waals surface area contributed by atoms with Crippen molar-refractivity contribution in [1.29, 1.82) is 0 Å². The molecule has 0 saturated carbocycles. The molecule has 0 aliphatic rings. The van der Waals surface area contributed by atoms with Crippen molar-refractivity contribution in [2.75, 3.05) is 5.32 Å². The van der Waals surface area contributed by atoms with Gasteiger partial charge >= 0.3 is 12.1 Å². The van der Waals surface area contributed by atoms with Gasteiger partial charge in [0.15, 0.2) is 6.10 Å². The Balaban J connectivity index is 1.98. The second kappa shape index (κ2) is 8.33. The van der Waals surface area contributed by atoms with Gasteiger partial charge in [0, 0.05) is 6.08 Å². The van der Waals surface area contributed by atoms with Gasteiger partial charge in [0.25, 0.3) is 5.91 Å². The van der Waals surface area contributed by atoms with Crippen molar-refractivity contribution in [2.24, 2.45) is 0 Å². The van der Waals surface area contributed by atoms with E-state index in [1.54, 1.807) is 24.3 Å². The molecule has 0 bridgehead atoms. The molecule has 0 unspecified atom stereocenters. The Morgan fingerprint density at radius 3 is 2.31 bits per heavy atom. The molecule has 2 rings (SSSR count). The van der Waals surface area contributed by atoms with Crippen LogP contribution >= 0.6 is 0 Å². The third-order valence-electron chi connectivity index (χ3n) is 3.36. The maximum absolute atomic E-state index is 12.9. The number of carbonyl (C=O) groups excluding carboxylic acids is 2. The van der Waals surface area contributed by atoms with Gasteiger partial charge in [-0.15, -0.1) is 0 Å². The maximum Gasteiger partial charge on any atom is 0.418 e. The summed E-state index contributed by atoms with van der Waals surface area (Å²) in [6, 6.07) is 13.5. The van der Waals surface area contributed by atoms with Gasteiger partial charge in [0.1, 0.15) is 0 Å². The summed E-state index contributed by atoms with van der Waals surface area (Å²) in [7, 11) is 0. The minimum atomic E-state index is -4.61. The number of amides is 1.